The number of carbonyl (C=O) groups is 2. The molecule has 0 aromatic heterocycles. The van der Waals surface area contributed by atoms with Crippen molar-refractivity contribution in [3.8, 4) is 0 Å². The summed E-state index contributed by atoms with van der Waals surface area (Å²) in [6, 6.07) is 0.0545. The summed E-state index contributed by atoms with van der Waals surface area (Å²) in [6.07, 6.45) is 0.925. The molecular formula is C24H44FN9O2. The molecule has 9 atom stereocenters. The van der Waals surface area contributed by atoms with E-state index >= 15 is 0 Å². The predicted octanol–water partition coefficient (Wildman–Crippen LogP) is -2.40. The third-order valence-electron chi connectivity index (χ3n) is 9.04. The monoisotopic (exact) mass is 509 g/mol. The molecule has 0 aromatic rings. The second-order valence-electron chi connectivity index (χ2n) is 11.4. The third kappa shape index (κ3) is 5.40. The maximum absolute atomic E-state index is 13.8. The number of nitrogens with one attached hydrogen (secondary N) is 5. The molecule has 5 aliphatic heterocycles. The van der Waals surface area contributed by atoms with Crippen LogP contribution in [-0.4, -0.2) is 123 Å². The second kappa shape index (κ2) is 11.1. The van der Waals surface area contributed by atoms with Gasteiger partial charge in [-0.3, -0.25) is 14.9 Å². The molecule has 0 aliphatic carbocycles. The third-order valence-corrected chi connectivity index (χ3v) is 9.04. The van der Waals surface area contributed by atoms with Gasteiger partial charge in [-0.05, 0) is 51.6 Å². The number of fused-ring (bicyclic) bond motifs is 1. The summed E-state index contributed by atoms with van der Waals surface area (Å²) >= 11 is 0. The van der Waals surface area contributed by atoms with Crippen molar-refractivity contribution in [1.82, 2.24) is 41.5 Å². The average molecular weight is 510 g/mol. The lowest BCUT2D eigenvalue weighted by molar-refractivity contribution is -0.136. The summed E-state index contributed by atoms with van der Waals surface area (Å²) in [5.41, 5.74) is 9.33. The van der Waals surface area contributed by atoms with Crippen molar-refractivity contribution in [2.24, 2.45) is 23.5 Å². The first-order valence-corrected chi connectivity index (χ1v) is 13.7. The molecule has 5 saturated heterocycles. The number of hydrazine groups is 1. The minimum absolute atomic E-state index is 0.0100. The van der Waals surface area contributed by atoms with Crippen LogP contribution in [0.4, 0.5) is 4.39 Å². The number of amides is 2. The summed E-state index contributed by atoms with van der Waals surface area (Å²) in [5.74, 6) is 0.332. The topological polar surface area (TPSA) is 130 Å². The zero-order valence-corrected chi connectivity index (χ0v) is 21.6. The van der Waals surface area contributed by atoms with Gasteiger partial charge in [0.15, 0.2) is 0 Å². The number of alkyl halides is 1. The predicted molar refractivity (Wildman–Crippen MR) is 134 cm³/mol. The van der Waals surface area contributed by atoms with Crippen LogP contribution in [0.25, 0.3) is 0 Å². The molecule has 7 N–H and O–H groups in total. The van der Waals surface area contributed by atoms with Crippen LogP contribution in [0.15, 0.2) is 0 Å². The van der Waals surface area contributed by atoms with Crippen LogP contribution < -0.4 is 32.4 Å². The van der Waals surface area contributed by atoms with Crippen molar-refractivity contribution in [1.29, 1.82) is 0 Å². The molecule has 11 nitrogen and oxygen atoms in total. The number of piperazine rings is 1. The van der Waals surface area contributed by atoms with Gasteiger partial charge < -0.3 is 31.5 Å². The molecule has 0 bridgehead atoms. The van der Waals surface area contributed by atoms with Gasteiger partial charge in [-0.2, -0.15) is 0 Å². The van der Waals surface area contributed by atoms with Gasteiger partial charge in [-0.15, -0.1) is 0 Å². The number of rotatable bonds is 4. The van der Waals surface area contributed by atoms with Crippen LogP contribution in [0.5, 0.6) is 0 Å². The van der Waals surface area contributed by atoms with Crippen molar-refractivity contribution < 1.29 is 14.0 Å². The molecule has 204 valence electrons. The summed E-state index contributed by atoms with van der Waals surface area (Å²) in [6.45, 7) is 7.72. The van der Waals surface area contributed by atoms with Gasteiger partial charge in [0, 0.05) is 57.9 Å². The Kier molecular flexibility index (Phi) is 8.11. The zero-order chi connectivity index (χ0) is 25.4. The fourth-order valence-electron chi connectivity index (χ4n) is 6.97. The highest BCUT2D eigenvalue weighted by Gasteiger charge is 2.48. The number of hydrogen-bond acceptors (Lipinski definition) is 9. The van der Waals surface area contributed by atoms with Gasteiger partial charge >= 0.3 is 0 Å². The molecule has 5 rings (SSSR count). The molecule has 2 amide bonds. The molecule has 5 heterocycles. The summed E-state index contributed by atoms with van der Waals surface area (Å²) in [7, 11) is 2.10. The molecule has 5 fully saturated rings. The number of piperidine rings is 2. The Morgan fingerprint density at radius 1 is 1.06 bits per heavy atom. The minimum Gasteiger partial charge on any atom is -0.351 e. The molecule has 36 heavy (non-hydrogen) atoms. The normalized spacial score (nSPS) is 42.7. The molecule has 0 spiro atoms. The summed E-state index contributed by atoms with van der Waals surface area (Å²) in [4.78, 5) is 30.8. The Balaban J connectivity index is 1.19. The molecule has 0 radical (unpaired) electrons. The first kappa shape index (κ1) is 26.2. The van der Waals surface area contributed by atoms with E-state index in [4.69, 9.17) is 5.73 Å². The van der Waals surface area contributed by atoms with E-state index in [-0.39, 0.29) is 49.2 Å². The highest BCUT2D eigenvalue weighted by Crippen LogP contribution is 2.33. The minimum atomic E-state index is -0.984. The maximum atomic E-state index is 13.8. The molecule has 12 heteroatoms. The number of nitrogens with two attached hydrogens (primary N) is 1. The van der Waals surface area contributed by atoms with Gasteiger partial charge in [-0.1, -0.05) is 0 Å². The van der Waals surface area contributed by atoms with Gasteiger partial charge in [0.05, 0.1) is 24.3 Å². The van der Waals surface area contributed by atoms with Crippen LogP contribution in [0, 0.1) is 17.8 Å². The molecule has 5 aliphatic rings. The Labute approximate surface area is 213 Å². The fourth-order valence-corrected chi connectivity index (χ4v) is 6.97. The molecule has 9 unspecified atom stereocenters. The number of hydrogen-bond donors (Lipinski definition) is 6. The van der Waals surface area contributed by atoms with Crippen molar-refractivity contribution >= 4 is 11.8 Å². The van der Waals surface area contributed by atoms with E-state index in [1.54, 1.807) is 5.01 Å². The Morgan fingerprint density at radius 2 is 1.83 bits per heavy atom. The van der Waals surface area contributed by atoms with Gasteiger partial charge in [-0.25, -0.2) is 14.8 Å². The lowest BCUT2D eigenvalue weighted by Gasteiger charge is -2.45. The average Bonchev–Trinajstić information content (AvgIpc) is 3.19. The van der Waals surface area contributed by atoms with E-state index in [0.29, 0.717) is 18.4 Å². The lowest BCUT2D eigenvalue weighted by atomic mass is 9.73. The number of carbonyl (C=O) groups excluding carboxylic acids is 2. The number of nitrogens with zero attached hydrogens (tertiary/aromatic N) is 3. The van der Waals surface area contributed by atoms with Crippen molar-refractivity contribution in [3.05, 3.63) is 0 Å². The molecule has 0 aromatic carbocycles. The van der Waals surface area contributed by atoms with Crippen LogP contribution in [0.3, 0.4) is 0 Å². The van der Waals surface area contributed by atoms with Crippen LogP contribution in [-0.2, 0) is 9.59 Å². The van der Waals surface area contributed by atoms with Crippen molar-refractivity contribution in [3.63, 3.8) is 0 Å². The number of likely N-dealkylation sites (N-methyl/N-ethyl adjacent to an activating group) is 1. The van der Waals surface area contributed by atoms with E-state index in [9.17, 15) is 14.0 Å². The van der Waals surface area contributed by atoms with E-state index in [1.807, 2.05) is 4.90 Å². The van der Waals surface area contributed by atoms with Crippen LogP contribution >= 0.6 is 0 Å². The largest absolute Gasteiger partial charge is 0.351 e. The van der Waals surface area contributed by atoms with Gasteiger partial charge in [0.2, 0.25) is 11.8 Å². The first-order chi connectivity index (χ1) is 17.3. The zero-order valence-electron chi connectivity index (χ0n) is 21.6. The highest BCUT2D eigenvalue weighted by atomic mass is 19.1. The quantitative estimate of drug-likeness (QED) is 0.246. The van der Waals surface area contributed by atoms with E-state index < -0.39 is 18.3 Å². The Bertz CT molecular complexity index is 798. The Morgan fingerprint density at radius 3 is 2.58 bits per heavy atom. The standard InChI is InChI=1S/C24H44FN9O2/c1-14-16(3-4-18(29-14)24(36)33-9-7-32(2)8-10-33)17-5-6-27-12-19(17)30-23(35)20-21(26)31-34-13-15(25)11-28-22(20)34/h14-22,27-29,31H,3-13,26H2,1-2H3,(H,30,35). The van der Waals surface area contributed by atoms with Crippen LogP contribution in [0.2, 0.25) is 0 Å². The first-order valence-electron chi connectivity index (χ1n) is 13.7. The van der Waals surface area contributed by atoms with E-state index in [2.05, 4.69) is 45.6 Å². The van der Waals surface area contributed by atoms with Gasteiger partial charge in [0.25, 0.3) is 0 Å². The fraction of sp³-hybridized carbons (Fsp3) is 0.917. The molecule has 0 saturated carbocycles. The smallest absolute Gasteiger partial charge is 0.239 e. The summed E-state index contributed by atoms with van der Waals surface area (Å²) in [5, 5.41) is 15.2. The second-order valence-corrected chi connectivity index (χ2v) is 11.4. The van der Waals surface area contributed by atoms with Gasteiger partial charge in [0.1, 0.15) is 6.17 Å². The number of halogens is 1. The van der Waals surface area contributed by atoms with E-state index in [0.717, 1.165) is 52.0 Å². The van der Waals surface area contributed by atoms with Crippen LogP contribution in [0.1, 0.15) is 26.2 Å². The molecular weight excluding hydrogens is 465 g/mol. The lowest BCUT2D eigenvalue weighted by Crippen LogP contribution is -2.62. The SMILES string of the molecule is CC1NC(C(=O)N2CCN(C)CC2)CCC1C1CCNCC1NC(=O)C1C(N)NN2CC(F)CNC12. The van der Waals surface area contributed by atoms with Crippen molar-refractivity contribution in [2.75, 3.05) is 59.4 Å². The highest BCUT2D eigenvalue weighted by molar-refractivity contribution is 5.82. The van der Waals surface area contributed by atoms with Crippen molar-refractivity contribution in [2.45, 2.75) is 62.8 Å². The van der Waals surface area contributed by atoms with E-state index in [1.165, 1.54) is 0 Å². The summed E-state index contributed by atoms with van der Waals surface area (Å²) < 4.78 is 13.8. The Hall–Kier alpha value is -1.41. The maximum Gasteiger partial charge on any atom is 0.239 e.